The second-order valence-electron chi connectivity index (χ2n) is 18.0. The van der Waals surface area contributed by atoms with Crippen molar-refractivity contribution >= 4 is 23.4 Å². The van der Waals surface area contributed by atoms with Crippen molar-refractivity contribution in [2.24, 2.45) is 0 Å². The Bertz CT molecular complexity index is 2690. The lowest BCUT2D eigenvalue weighted by Crippen LogP contribution is -2.65. The molecular formula is C49H51F5N6O7. The van der Waals surface area contributed by atoms with E-state index in [-0.39, 0.29) is 37.6 Å². The third-order valence-corrected chi connectivity index (χ3v) is 12.4. The molecule has 0 unspecified atom stereocenters. The Morgan fingerprint density at radius 3 is 2.12 bits per heavy atom. The molecule has 0 saturated carbocycles. The second kappa shape index (κ2) is 18.1. The number of hydrogen-bond donors (Lipinski definition) is 2. The standard InChI is InChI=1S/C49H51F5N6O7/c1-26-39(49(52,53)54)34(21-36(40(26)50)58(23-28-11-16-32(64-6)17-12-28)24-29-13-18-33(65-7)19-14-29)42-41(51)43(55-22-30-9-8-10-37(61)56-30)38-45(57-42)66-27(2)44-35-20-15-31(25-59(44)46(38)62)60(35)47(63)67-48(3,4)5/h8-14,16-19,21,27,31,35,44H,15,20,22-25H2,1-7H3,(H,55,57)(H,56,61)/t27-,31+,35-,44+/m0/s1. The first kappa shape index (κ1) is 46.7. The summed E-state index contributed by atoms with van der Waals surface area (Å²) in [6, 6.07) is 17.1. The fourth-order valence-electron chi connectivity index (χ4n) is 9.39. The van der Waals surface area contributed by atoms with E-state index in [1.807, 2.05) is 0 Å². The van der Waals surface area contributed by atoms with Crippen LogP contribution in [0.25, 0.3) is 11.3 Å². The van der Waals surface area contributed by atoms with E-state index in [2.05, 4.69) is 15.3 Å². The van der Waals surface area contributed by atoms with E-state index in [9.17, 15) is 14.4 Å². The van der Waals surface area contributed by atoms with E-state index in [4.69, 9.17) is 18.9 Å². The highest BCUT2D eigenvalue weighted by Crippen LogP contribution is 2.48. The number of amides is 2. The van der Waals surface area contributed by atoms with E-state index >= 15 is 22.0 Å². The first-order valence-corrected chi connectivity index (χ1v) is 21.8. The molecule has 67 heavy (non-hydrogen) atoms. The molecule has 2 bridgehead atoms. The number of alkyl halides is 3. The number of rotatable bonds is 11. The van der Waals surface area contributed by atoms with Gasteiger partial charge in [-0.1, -0.05) is 30.3 Å². The van der Waals surface area contributed by atoms with E-state index in [0.717, 1.165) is 13.0 Å². The van der Waals surface area contributed by atoms with Crippen LogP contribution in [0.3, 0.4) is 0 Å². The van der Waals surface area contributed by atoms with Crippen LogP contribution in [0.2, 0.25) is 0 Å². The third-order valence-electron chi connectivity index (χ3n) is 12.4. The van der Waals surface area contributed by atoms with E-state index in [0.29, 0.717) is 35.5 Å². The first-order valence-electron chi connectivity index (χ1n) is 21.8. The van der Waals surface area contributed by atoms with Gasteiger partial charge in [-0.25, -0.2) is 18.6 Å². The van der Waals surface area contributed by atoms with Gasteiger partial charge in [-0.15, -0.1) is 0 Å². The zero-order valence-electron chi connectivity index (χ0n) is 38.0. The summed E-state index contributed by atoms with van der Waals surface area (Å²) in [6.45, 7) is 7.58. The average molecular weight is 931 g/mol. The maximum absolute atomic E-state index is 17.8. The SMILES string of the molecule is COc1ccc(CN(Cc2ccc(OC)cc2)c2cc(-c3nc4c(c(NCc5cccc(=O)[nH]5)c3F)C(=O)N3C[C@H]5CC[C@@H]([C@H]3[C@H](C)O4)N5C(=O)OC(C)(C)C)c(C(F)(F)F)c(C)c2F)cc1. The number of nitrogens with one attached hydrogen (secondary N) is 2. The molecule has 2 fully saturated rings. The van der Waals surface area contributed by atoms with Crippen LogP contribution in [-0.4, -0.2) is 82.4 Å². The van der Waals surface area contributed by atoms with Crippen LogP contribution in [0, 0.1) is 18.6 Å². The van der Waals surface area contributed by atoms with Gasteiger partial charge in [0, 0.05) is 37.0 Å². The van der Waals surface area contributed by atoms with E-state index in [1.54, 1.807) is 81.1 Å². The lowest BCUT2D eigenvalue weighted by atomic mass is 9.94. The van der Waals surface area contributed by atoms with Gasteiger partial charge in [0.05, 0.1) is 55.8 Å². The minimum atomic E-state index is -5.23. The Labute approximate surface area is 383 Å². The van der Waals surface area contributed by atoms with Crippen molar-refractivity contribution in [3.05, 3.63) is 128 Å². The van der Waals surface area contributed by atoms with Crippen LogP contribution in [-0.2, 0) is 30.5 Å². The number of aromatic amines is 1. The largest absolute Gasteiger partial charge is 0.497 e. The Morgan fingerprint density at radius 1 is 0.925 bits per heavy atom. The number of piperazine rings is 1. The molecule has 2 saturated heterocycles. The van der Waals surface area contributed by atoms with Gasteiger partial charge in [-0.05, 0) is 101 Å². The normalized spacial score (nSPS) is 19.0. The van der Waals surface area contributed by atoms with Crippen LogP contribution < -0.4 is 30.0 Å². The van der Waals surface area contributed by atoms with Gasteiger partial charge in [0.1, 0.15) is 40.3 Å². The molecule has 2 N–H and O–H groups in total. The Hall–Kier alpha value is -6.85. The van der Waals surface area contributed by atoms with Crippen LogP contribution in [0.15, 0.2) is 77.6 Å². The smallest absolute Gasteiger partial charge is 0.417 e. The van der Waals surface area contributed by atoms with Crippen molar-refractivity contribution in [3.63, 3.8) is 0 Å². The van der Waals surface area contributed by atoms with Crippen LogP contribution >= 0.6 is 0 Å². The molecule has 8 rings (SSSR count). The summed E-state index contributed by atoms with van der Waals surface area (Å²) >= 11 is 0. The number of pyridine rings is 2. The number of methoxy groups -OCH3 is 2. The van der Waals surface area contributed by atoms with Gasteiger partial charge in [0.25, 0.3) is 5.91 Å². The molecular weight excluding hydrogens is 880 g/mol. The predicted molar refractivity (Wildman–Crippen MR) is 239 cm³/mol. The van der Waals surface area contributed by atoms with Crippen molar-refractivity contribution in [3.8, 4) is 28.6 Å². The van der Waals surface area contributed by atoms with Gasteiger partial charge in [-0.3, -0.25) is 14.5 Å². The average Bonchev–Trinajstić information content (AvgIpc) is 3.53. The number of carbonyl (C=O) groups excluding carboxylic acids is 2. The van der Waals surface area contributed by atoms with Crippen molar-refractivity contribution in [2.45, 2.75) is 103 Å². The van der Waals surface area contributed by atoms with E-state index < -0.39 is 105 Å². The Balaban J connectivity index is 1.31. The fourth-order valence-corrected chi connectivity index (χ4v) is 9.39. The van der Waals surface area contributed by atoms with Gasteiger partial charge in [0.2, 0.25) is 11.4 Å². The number of nitrogens with zero attached hydrogens (tertiary/aromatic N) is 4. The van der Waals surface area contributed by atoms with Gasteiger partial charge in [-0.2, -0.15) is 13.2 Å². The molecule has 3 aliphatic rings. The molecule has 4 atom stereocenters. The van der Waals surface area contributed by atoms with Crippen LogP contribution in [0.1, 0.15) is 78.8 Å². The van der Waals surface area contributed by atoms with Gasteiger partial charge >= 0.3 is 12.3 Å². The topological polar surface area (TPSA) is 139 Å². The third kappa shape index (κ3) is 9.30. The van der Waals surface area contributed by atoms with Gasteiger partial charge < -0.3 is 39.0 Å². The van der Waals surface area contributed by atoms with Crippen molar-refractivity contribution in [2.75, 3.05) is 31.0 Å². The molecule has 0 aliphatic carbocycles. The molecule has 5 heterocycles. The number of H-pyrrole nitrogens is 1. The lowest BCUT2D eigenvalue weighted by Gasteiger charge is -2.47. The fraction of sp³-hybridized carbons (Fsp3) is 0.388. The number of halogens is 5. The molecule has 13 nitrogen and oxygen atoms in total. The summed E-state index contributed by atoms with van der Waals surface area (Å²) in [5.41, 5.74) is -4.93. The first-order chi connectivity index (χ1) is 31.8. The zero-order chi connectivity index (χ0) is 48.1. The highest BCUT2D eigenvalue weighted by Gasteiger charge is 2.55. The predicted octanol–water partition coefficient (Wildman–Crippen LogP) is 9.25. The second-order valence-corrected chi connectivity index (χ2v) is 18.0. The Morgan fingerprint density at radius 2 is 1.55 bits per heavy atom. The molecule has 18 heteroatoms. The molecule has 2 amide bonds. The number of hydrogen-bond acceptors (Lipinski definition) is 10. The van der Waals surface area contributed by atoms with Crippen molar-refractivity contribution in [1.82, 2.24) is 19.8 Å². The number of ether oxygens (including phenoxy) is 4. The molecule has 2 aromatic heterocycles. The highest BCUT2D eigenvalue weighted by molar-refractivity contribution is 6.03. The Kier molecular flexibility index (Phi) is 12.6. The maximum Gasteiger partial charge on any atom is 0.417 e. The molecule has 3 aliphatic heterocycles. The summed E-state index contributed by atoms with van der Waals surface area (Å²) in [6.07, 6.45) is -5.70. The number of benzene rings is 3. The lowest BCUT2D eigenvalue weighted by molar-refractivity contribution is -0.137. The van der Waals surface area contributed by atoms with Crippen molar-refractivity contribution in [1.29, 1.82) is 0 Å². The molecule has 3 aromatic carbocycles. The van der Waals surface area contributed by atoms with Crippen molar-refractivity contribution < 1.29 is 50.5 Å². The molecule has 0 spiro atoms. The summed E-state index contributed by atoms with van der Waals surface area (Å²) < 4.78 is 104. The number of anilines is 2. The minimum Gasteiger partial charge on any atom is -0.497 e. The quantitative estimate of drug-likeness (QED) is 0.123. The van der Waals surface area contributed by atoms with E-state index in [1.165, 1.54) is 42.2 Å². The van der Waals surface area contributed by atoms with Gasteiger partial charge in [0.15, 0.2) is 5.82 Å². The molecule has 0 radical (unpaired) electrons. The number of fused-ring (bicyclic) bond motifs is 5. The number of carbonyl (C=O) groups is 2. The number of aromatic nitrogens is 2. The van der Waals surface area contributed by atoms with Crippen LogP contribution in [0.5, 0.6) is 17.4 Å². The molecule has 5 aromatic rings. The summed E-state index contributed by atoms with van der Waals surface area (Å²) in [5.74, 6) is -2.65. The minimum absolute atomic E-state index is 0.00576. The summed E-state index contributed by atoms with van der Waals surface area (Å²) in [7, 11) is 3.00. The highest BCUT2D eigenvalue weighted by atomic mass is 19.4. The monoisotopic (exact) mass is 930 g/mol. The van der Waals surface area contributed by atoms with Crippen LogP contribution in [0.4, 0.5) is 38.1 Å². The zero-order valence-corrected chi connectivity index (χ0v) is 38.0. The summed E-state index contributed by atoms with van der Waals surface area (Å²) in [5, 5.41) is 2.88. The maximum atomic E-state index is 17.8. The molecule has 354 valence electrons. The summed E-state index contributed by atoms with van der Waals surface area (Å²) in [4.78, 5) is 52.6.